The molecule has 106 valence electrons. The van der Waals surface area contributed by atoms with Crippen LogP contribution in [-0.2, 0) is 13.2 Å². The summed E-state index contributed by atoms with van der Waals surface area (Å²) in [5.74, 6) is 0.512. The van der Waals surface area contributed by atoms with Crippen LogP contribution in [0.15, 0.2) is 22.7 Å². The number of hydrogen-bond acceptors (Lipinski definition) is 3. The third kappa shape index (κ3) is 3.04. The summed E-state index contributed by atoms with van der Waals surface area (Å²) >= 11 is 9.36. The zero-order valence-electron chi connectivity index (χ0n) is 11.2. The van der Waals surface area contributed by atoms with E-state index in [-0.39, 0.29) is 0 Å². The summed E-state index contributed by atoms with van der Waals surface area (Å²) in [4.78, 5) is 11.0. The molecule has 0 radical (unpaired) electrons. The number of nitrogens with zero attached hydrogens (tertiary/aromatic N) is 2. The highest BCUT2D eigenvalue weighted by atomic mass is 79.9. The van der Waals surface area contributed by atoms with Crippen LogP contribution in [0.3, 0.4) is 0 Å². The normalized spacial score (nSPS) is 10.6. The van der Waals surface area contributed by atoms with Crippen LogP contribution in [0, 0.1) is 6.92 Å². The second-order valence-corrected chi connectivity index (χ2v) is 5.48. The van der Waals surface area contributed by atoms with Gasteiger partial charge in [-0.1, -0.05) is 11.6 Å². The Labute approximate surface area is 130 Å². The summed E-state index contributed by atoms with van der Waals surface area (Å²) in [6, 6.07) is 4.97. The van der Waals surface area contributed by atoms with Gasteiger partial charge in [-0.2, -0.15) is 5.10 Å². The van der Waals surface area contributed by atoms with Crippen molar-refractivity contribution >= 4 is 33.8 Å². The Morgan fingerprint density at radius 3 is 2.90 bits per heavy atom. The van der Waals surface area contributed by atoms with Gasteiger partial charge in [0, 0.05) is 11.6 Å². The van der Waals surface area contributed by atoms with E-state index in [1.165, 1.54) is 0 Å². The third-order valence-corrected chi connectivity index (χ3v) is 4.18. The van der Waals surface area contributed by atoms with Crippen molar-refractivity contribution in [2.45, 2.75) is 27.0 Å². The molecule has 0 spiro atoms. The second kappa shape index (κ2) is 6.41. The lowest BCUT2D eigenvalue weighted by molar-refractivity contribution is 0.111. The molecule has 1 heterocycles. The number of aromatic nitrogens is 2. The molecule has 0 amide bonds. The first-order valence-electron chi connectivity index (χ1n) is 6.16. The minimum atomic E-state index is 0.331. The number of carbonyl (C=O) groups excluding carboxylic acids is 1. The van der Waals surface area contributed by atoms with E-state index in [4.69, 9.17) is 16.3 Å². The van der Waals surface area contributed by atoms with E-state index in [0.717, 1.165) is 28.7 Å². The standard InChI is InChI=1S/C14H14BrClN2O2/c1-3-18-12(14(15)9(2)17-18)8-20-13-5-4-11(16)6-10(13)7-19/h4-7H,3,8H2,1-2H3. The van der Waals surface area contributed by atoms with Crippen LogP contribution in [-0.4, -0.2) is 16.1 Å². The molecule has 4 nitrogen and oxygen atoms in total. The maximum atomic E-state index is 11.0. The number of benzene rings is 1. The summed E-state index contributed by atoms with van der Waals surface area (Å²) in [5.41, 5.74) is 2.29. The highest BCUT2D eigenvalue weighted by Crippen LogP contribution is 2.25. The van der Waals surface area contributed by atoms with Crippen molar-refractivity contribution in [3.63, 3.8) is 0 Å². The highest BCUT2D eigenvalue weighted by molar-refractivity contribution is 9.10. The third-order valence-electron chi connectivity index (χ3n) is 2.92. The Kier molecular flexibility index (Phi) is 4.83. The van der Waals surface area contributed by atoms with E-state index in [9.17, 15) is 4.79 Å². The van der Waals surface area contributed by atoms with Crippen LogP contribution in [0.1, 0.15) is 28.7 Å². The van der Waals surface area contributed by atoms with E-state index >= 15 is 0 Å². The van der Waals surface area contributed by atoms with Crippen LogP contribution in [0.25, 0.3) is 0 Å². The molecule has 0 fully saturated rings. The Hall–Kier alpha value is -1.33. The number of hydrogen-bond donors (Lipinski definition) is 0. The fourth-order valence-corrected chi connectivity index (χ4v) is 2.47. The summed E-state index contributed by atoms with van der Waals surface area (Å²) < 4.78 is 8.53. The van der Waals surface area contributed by atoms with Gasteiger partial charge in [0.2, 0.25) is 0 Å². The molecule has 0 aliphatic heterocycles. The summed E-state index contributed by atoms with van der Waals surface area (Å²) in [7, 11) is 0. The van der Waals surface area contributed by atoms with Crippen molar-refractivity contribution in [2.24, 2.45) is 0 Å². The lowest BCUT2D eigenvalue weighted by Crippen LogP contribution is -2.07. The van der Waals surface area contributed by atoms with E-state index in [1.807, 2.05) is 18.5 Å². The van der Waals surface area contributed by atoms with Gasteiger partial charge in [0.1, 0.15) is 12.4 Å². The van der Waals surface area contributed by atoms with Crippen molar-refractivity contribution in [3.05, 3.63) is 44.6 Å². The number of halogens is 2. The molecule has 20 heavy (non-hydrogen) atoms. The molecular formula is C14H14BrClN2O2. The van der Waals surface area contributed by atoms with E-state index in [0.29, 0.717) is 22.9 Å². The van der Waals surface area contributed by atoms with Gasteiger partial charge in [-0.05, 0) is 48.0 Å². The summed E-state index contributed by atoms with van der Waals surface area (Å²) in [6.07, 6.45) is 0.735. The Balaban J connectivity index is 2.23. The molecule has 1 aromatic carbocycles. The lowest BCUT2D eigenvalue weighted by Gasteiger charge is -2.10. The van der Waals surface area contributed by atoms with Crippen molar-refractivity contribution in [3.8, 4) is 5.75 Å². The molecule has 0 saturated heterocycles. The van der Waals surface area contributed by atoms with Crippen LogP contribution in [0.4, 0.5) is 0 Å². The fraction of sp³-hybridized carbons (Fsp3) is 0.286. The zero-order valence-corrected chi connectivity index (χ0v) is 13.5. The van der Waals surface area contributed by atoms with E-state index in [2.05, 4.69) is 21.0 Å². The van der Waals surface area contributed by atoms with Crippen molar-refractivity contribution < 1.29 is 9.53 Å². The molecule has 0 unspecified atom stereocenters. The number of aryl methyl sites for hydroxylation is 2. The number of aldehydes is 1. The average Bonchev–Trinajstić information content (AvgIpc) is 2.72. The monoisotopic (exact) mass is 356 g/mol. The molecule has 0 saturated carbocycles. The zero-order chi connectivity index (χ0) is 14.7. The number of carbonyl (C=O) groups is 1. The van der Waals surface area contributed by atoms with Gasteiger partial charge in [-0.3, -0.25) is 9.48 Å². The molecule has 2 aromatic rings. The van der Waals surface area contributed by atoms with Crippen molar-refractivity contribution in [1.82, 2.24) is 9.78 Å². The molecule has 0 aliphatic carbocycles. The highest BCUT2D eigenvalue weighted by Gasteiger charge is 2.13. The Morgan fingerprint density at radius 2 is 2.25 bits per heavy atom. The van der Waals surface area contributed by atoms with Crippen LogP contribution in [0.2, 0.25) is 5.02 Å². The molecule has 2 rings (SSSR count). The van der Waals surface area contributed by atoms with Gasteiger partial charge in [0.15, 0.2) is 6.29 Å². The van der Waals surface area contributed by atoms with Gasteiger partial charge >= 0.3 is 0 Å². The first-order valence-corrected chi connectivity index (χ1v) is 7.33. The quantitative estimate of drug-likeness (QED) is 0.759. The number of ether oxygens (including phenoxy) is 1. The minimum Gasteiger partial charge on any atom is -0.487 e. The van der Waals surface area contributed by atoms with Gasteiger partial charge in [0.05, 0.1) is 21.4 Å². The topological polar surface area (TPSA) is 44.1 Å². The first-order chi connectivity index (χ1) is 9.56. The van der Waals surface area contributed by atoms with Crippen molar-refractivity contribution in [1.29, 1.82) is 0 Å². The second-order valence-electron chi connectivity index (χ2n) is 4.25. The average molecular weight is 358 g/mol. The minimum absolute atomic E-state index is 0.331. The molecular weight excluding hydrogens is 344 g/mol. The fourth-order valence-electron chi connectivity index (χ4n) is 1.90. The largest absolute Gasteiger partial charge is 0.487 e. The predicted octanol–water partition coefficient (Wildman–Crippen LogP) is 4.02. The summed E-state index contributed by atoms with van der Waals surface area (Å²) in [6.45, 7) is 5.03. The smallest absolute Gasteiger partial charge is 0.153 e. The van der Waals surface area contributed by atoms with E-state index < -0.39 is 0 Å². The molecule has 6 heteroatoms. The molecule has 0 aliphatic rings. The van der Waals surface area contributed by atoms with Gasteiger partial charge in [-0.25, -0.2) is 0 Å². The number of rotatable bonds is 5. The molecule has 0 N–H and O–H groups in total. The first kappa shape index (κ1) is 15.1. The van der Waals surface area contributed by atoms with E-state index in [1.54, 1.807) is 18.2 Å². The van der Waals surface area contributed by atoms with Gasteiger partial charge < -0.3 is 4.74 Å². The van der Waals surface area contributed by atoms with Crippen LogP contribution >= 0.6 is 27.5 Å². The predicted molar refractivity (Wildman–Crippen MR) is 81.5 cm³/mol. The molecule has 0 bridgehead atoms. The van der Waals surface area contributed by atoms with Crippen LogP contribution < -0.4 is 4.74 Å². The lowest BCUT2D eigenvalue weighted by atomic mass is 10.2. The summed E-state index contributed by atoms with van der Waals surface area (Å²) in [5, 5.41) is 4.91. The van der Waals surface area contributed by atoms with Gasteiger partial charge in [0.25, 0.3) is 0 Å². The Morgan fingerprint density at radius 1 is 1.50 bits per heavy atom. The van der Waals surface area contributed by atoms with Crippen LogP contribution in [0.5, 0.6) is 5.75 Å². The maximum Gasteiger partial charge on any atom is 0.153 e. The van der Waals surface area contributed by atoms with Gasteiger partial charge in [-0.15, -0.1) is 0 Å². The Bertz CT molecular complexity index is 640. The molecule has 1 aromatic heterocycles. The van der Waals surface area contributed by atoms with Crippen molar-refractivity contribution in [2.75, 3.05) is 0 Å². The SMILES string of the molecule is CCn1nc(C)c(Br)c1COc1ccc(Cl)cc1C=O. The maximum absolute atomic E-state index is 11.0. The molecule has 0 atom stereocenters.